The summed E-state index contributed by atoms with van der Waals surface area (Å²) in [4.78, 5) is 29.6. The molecule has 7 heteroatoms. The van der Waals surface area contributed by atoms with Gasteiger partial charge in [0.05, 0.1) is 27.7 Å². The molecular weight excluding hydrogens is 326 g/mol. The first-order chi connectivity index (χ1) is 11.4. The molecule has 3 rings (SSSR count). The van der Waals surface area contributed by atoms with E-state index in [2.05, 4.69) is 10.3 Å². The maximum Gasteiger partial charge on any atom is 0.317 e. The van der Waals surface area contributed by atoms with Gasteiger partial charge in [0, 0.05) is 13.1 Å². The van der Waals surface area contributed by atoms with Crippen LogP contribution in [-0.2, 0) is 4.79 Å². The minimum atomic E-state index is -0.831. The summed E-state index contributed by atoms with van der Waals surface area (Å²) in [6.45, 7) is 4.78. The molecule has 1 fully saturated rings. The van der Waals surface area contributed by atoms with Crippen LogP contribution in [0.2, 0.25) is 0 Å². The molecule has 2 aromatic rings. The second kappa shape index (κ2) is 6.76. The number of piperidine rings is 1. The third kappa shape index (κ3) is 3.51. The molecule has 0 spiro atoms. The summed E-state index contributed by atoms with van der Waals surface area (Å²) in [5, 5.41) is 12.2. The smallest absolute Gasteiger partial charge is 0.317 e. The van der Waals surface area contributed by atoms with E-state index < -0.39 is 11.9 Å². The van der Waals surface area contributed by atoms with E-state index in [1.165, 1.54) is 0 Å². The Morgan fingerprint density at radius 2 is 2.21 bits per heavy atom. The molecule has 3 unspecified atom stereocenters. The lowest BCUT2D eigenvalue weighted by Crippen LogP contribution is -2.49. The summed E-state index contributed by atoms with van der Waals surface area (Å²) in [6.07, 6.45) is 0.622. The fourth-order valence-corrected chi connectivity index (χ4v) is 3.92. The van der Waals surface area contributed by atoms with E-state index in [9.17, 15) is 14.7 Å². The van der Waals surface area contributed by atoms with E-state index in [1.807, 2.05) is 32.0 Å². The monoisotopic (exact) mass is 347 g/mol. The molecule has 24 heavy (non-hydrogen) atoms. The Morgan fingerprint density at radius 1 is 1.42 bits per heavy atom. The standard InChI is InChI=1S/C17H21N3O3S/c1-10-5-13(16(21)22)8-20(7-10)17(23)19-11(2)12-3-4-14-15(6-12)24-9-18-14/h3-4,6,9-11,13H,5,7-8H2,1-2H3,(H,19,23)(H,21,22). The molecule has 1 aliphatic heterocycles. The number of urea groups is 1. The first-order valence-corrected chi connectivity index (χ1v) is 8.93. The maximum atomic E-state index is 12.5. The van der Waals surface area contributed by atoms with Gasteiger partial charge in [-0.1, -0.05) is 13.0 Å². The molecular formula is C17H21N3O3S. The van der Waals surface area contributed by atoms with Crippen LogP contribution in [0, 0.1) is 11.8 Å². The molecule has 2 N–H and O–H groups in total. The van der Waals surface area contributed by atoms with Gasteiger partial charge in [0.15, 0.2) is 0 Å². The van der Waals surface area contributed by atoms with Crippen molar-refractivity contribution in [1.82, 2.24) is 15.2 Å². The quantitative estimate of drug-likeness (QED) is 0.894. The predicted octanol–water partition coefficient (Wildman–Crippen LogP) is 3.11. The molecule has 0 radical (unpaired) electrons. The van der Waals surface area contributed by atoms with Gasteiger partial charge in [-0.15, -0.1) is 11.3 Å². The average molecular weight is 347 g/mol. The van der Waals surface area contributed by atoms with Crippen LogP contribution < -0.4 is 5.32 Å². The number of likely N-dealkylation sites (tertiary alicyclic amines) is 1. The summed E-state index contributed by atoms with van der Waals surface area (Å²) in [5.74, 6) is -1.12. The summed E-state index contributed by atoms with van der Waals surface area (Å²) >= 11 is 1.57. The zero-order valence-corrected chi connectivity index (χ0v) is 14.5. The predicted molar refractivity (Wildman–Crippen MR) is 93.0 cm³/mol. The van der Waals surface area contributed by atoms with Crippen LogP contribution in [0.3, 0.4) is 0 Å². The zero-order valence-electron chi connectivity index (χ0n) is 13.7. The van der Waals surface area contributed by atoms with Crippen molar-refractivity contribution in [2.75, 3.05) is 13.1 Å². The third-order valence-corrected chi connectivity index (χ3v) is 5.28. The van der Waals surface area contributed by atoms with Crippen molar-refractivity contribution >= 4 is 33.6 Å². The van der Waals surface area contributed by atoms with Crippen molar-refractivity contribution in [3.05, 3.63) is 29.3 Å². The minimum Gasteiger partial charge on any atom is -0.481 e. The zero-order chi connectivity index (χ0) is 17.3. The fraction of sp³-hybridized carbons (Fsp3) is 0.471. The highest BCUT2D eigenvalue weighted by Crippen LogP contribution is 2.24. The first kappa shape index (κ1) is 16.7. The number of nitrogens with one attached hydrogen (secondary N) is 1. The topological polar surface area (TPSA) is 82.5 Å². The number of aromatic nitrogens is 1. The van der Waals surface area contributed by atoms with Crippen molar-refractivity contribution in [2.24, 2.45) is 11.8 Å². The second-order valence-electron chi connectivity index (χ2n) is 6.53. The van der Waals surface area contributed by atoms with E-state index in [4.69, 9.17) is 0 Å². The number of amides is 2. The Labute approximate surface area is 144 Å². The van der Waals surface area contributed by atoms with Gasteiger partial charge in [-0.3, -0.25) is 4.79 Å². The first-order valence-electron chi connectivity index (χ1n) is 8.05. The summed E-state index contributed by atoms with van der Waals surface area (Å²) < 4.78 is 1.09. The SMILES string of the molecule is CC1CC(C(=O)O)CN(C(=O)NC(C)c2ccc3ncsc3c2)C1. The number of hydrogen-bond acceptors (Lipinski definition) is 4. The summed E-state index contributed by atoms with van der Waals surface area (Å²) in [5.41, 5.74) is 3.77. The number of benzene rings is 1. The van der Waals surface area contributed by atoms with Crippen LogP contribution in [0.15, 0.2) is 23.7 Å². The van der Waals surface area contributed by atoms with E-state index in [0.29, 0.717) is 13.0 Å². The van der Waals surface area contributed by atoms with Gasteiger partial charge in [-0.25, -0.2) is 9.78 Å². The number of hydrogen-bond donors (Lipinski definition) is 2. The number of nitrogens with zero attached hydrogens (tertiary/aromatic N) is 2. The van der Waals surface area contributed by atoms with Crippen LogP contribution in [0.1, 0.15) is 31.9 Å². The highest BCUT2D eigenvalue weighted by molar-refractivity contribution is 7.16. The fourth-order valence-electron chi connectivity index (χ4n) is 3.20. The van der Waals surface area contributed by atoms with Crippen LogP contribution in [0.5, 0.6) is 0 Å². The molecule has 0 saturated carbocycles. The lowest BCUT2D eigenvalue weighted by Gasteiger charge is -2.35. The molecule has 128 valence electrons. The van der Waals surface area contributed by atoms with E-state index in [0.717, 1.165) is 15.8 Å². The Hall–Kier alpha value is -2.15. The van der Waals surface area contributed by atoms with Gasteiger partial charge >= 0.3 is 12.0 Å². The molecule has 3 atom stereocenters. The van der Waals surface area contributed by atoms with Crippen molar-refractivity contribution < 1.29 is 14.7 Å². The molecule has 1 aliphatic rings. The Balaban J connectivity index is 1.67. The highest BCUT2D eigenvalue weighted by Gasteiger charge is 2.32. The van der Waals surface area contributed by atoms with Gasteiger partial charge in [-0.05, 0) is 37.0 Å². The van der Waals surface area contributed by atoms with Gasteiger partial charge in [0.2, 0.25) is 0 Å². The molecule has 2 amide bonds. The van der Waals surface area contributed by atoms with Gasteiger partial charge in [0.25, 0.3) is 0 Å². The number of fused-ring (bicyclic) bond motifs is 1. The van der Waals surface area contributed by atoms with E-state index >= 15 is 0 Å². The second-order valence-corrected chi connectivity index (χ2v) is 7.42. The molecule has 0 bridgehead atoms. The van der Waals surface area contributed by atoms with Crippen LogP contribution in [0.4, 0.5) is 4.79 Å². The lowest BCUT2D eigenvalue weighted by atomic mass is 9.91. The molecule has 2 heterocycles. The molecule has 1 aromatic carbocycles. The molecule has 1 aromatic heterocycles. The number of rotatable bonds is 3. The largest absolute Gasteiger partial charge is 0.481 e. The Bertz CT molecular complexity index is 760. The van der Waals surface area contributed by atoms with Crippen molar-refractivity contribution in [2.45, 2.75) is 26.3 Å². The van der Waals surface area contributed by atoms with Crippen molar-refractivity contribution in [1.29, 1.82) is 0 Å². The minimum absolute atomic E-state index is 0.149. The number of carboxylic acids is 1. The summed E-state index contributed by atoms with van der Waals surface area (Å²) in [7, 11) is 0. The molecule has 0 aliphatic carbocycles. The number of carboxylic acid groups (broad SMARTS) is 1. The molecule has 1 saturated heterocycles. The van der Waals surface area contributed by atoms with Crippen LogP contribution in [0.25, 0.3) is 10.2 Å². The lowest BCUT2D eigenvalue weighted by molar-refractivity contribution is -0.143. The maximum absolute atomic E-state index is 12.5. The van der Waals surface area contributed by atoms with E-state index in [-0.39, 0.29) is 24.5 Å². The Kier molecular flexibility index (Phi) is 4.71. The Morgan fingerprint density at radius 3 is 2.96 bits per heavy atom. The normalized spacial score (nSPS) is 22.3. The highest BCUT2D eigenvalue weighted by atomic mass is 32.1. The number of carbonyl (C=O) groups excluding carboxylic acids is 1. The van der Waals surface area contributed by atoms with Crippen LogP contribution in [-0.4, -0.2) is 40.1 Å². The number of thiazole rings is 1. The van der Waals surface area contributed by atoms with Crippen molar-refractivity contribution in [3.63, 3.8) is 0 Å². The average Bonchev–Trinajstić information content (AvgIpc) is 3.01. The third-order valence-electron chi connectivity index (χ3n) is 4.49. The van der Waals surface area contributed by atoms with E-state index in [1.54, 1.807) is 21.7 Å². The molecule has 6 nitrogen and oxygen atoms in total. The van der Waals surface area contributed by atoms with Gasteiger partial charge < -0.3 is 15.3 Å². The van der Waals surface area contributed by atoms with Gasteiger partial charge in [0.1, 0.15) is 0 Å². The summed E-state index contributed by atoms with van der Waals surface area (Å²) in [6, 6.07) is 5.60. The van der Waals surface area contributed by atoms with Crippen molar-refractivity contribution in [3.8, 4) is 0 Å². The number of aliphatic carboxylic acids is 1. The van der Waals surface area contributed by atoms with Crippen LogP contribution >= 0.6 is 11.3 Å². The van der Waals surface area contributed by atoms with Gasteiger partial charge in [-0.2, -0.15) is 0 Å². The number of carbonyl (C=O) groups is 2.